The maximum atomic E-state index is 13.0. The second kappa shape index (κ2) is 10.4. The molecule has 1 aromatic heterocycles. The van der Waals surface area contributed by atoms with Gasteiger partial charge in [-0.25, -0.2) is 0 Å². The van der Waals surface area contributed by atoms with Crippen LogP contribution in [-0.2, 0) is 23.2 Å². The molecule has 148 valence electrons. The Morgan fingerprint density at radius 2 is 1.50 bits per heavy atom. The first kappa shape index (κ1) is 22.3. The zero-order valence-corrected chi connectivity index (χ0v) is 17.7. The molecule has 0 spiro atoms. The average Bonchev–Trinajstić information content (AvgIpc) is 2.89. The smallest absolute Gasteiger partial charge is 0.242 e. The van der Waals surface area contributed by atoms with Gasteiger partial charge >= 0.3 is 0 Å². The Hall–Kier alpha value is -1.78. The fraction of sp³-hybridized carbons (Fsp3) is 0.714. The lowest BCUT2D eigenvalue weighted by Crippen LogP contribution is -2.45. The van der Waals surface area contributed by atoms with Gasteiger partial charge in [-0.1, -0.05) is 41.5 Å². The molecule has 0 aromatic carbocycles. The lowest BCUT2D eigenvalue weighted by Gasteiger charge is -2.30. The molecule has 0 aliphatic rings. The predicted octanol–water partition coefficient (Wildman–Crippen LogP) is 3.54. The normalized spacial score (nSPS) is 11.5. The van der Waals surface area contributed by atoms with Gasteiger partial charge in [-0.3, -0.25) is 9.59 Å². The Balaban J connectivity index is 2.88. The molecule has 2 amide bonds. The van der Waals surface area contributed by atoms with Crippen LogP contribution in [0.15, 0.2) is 18.3 Å². The molecule has 0 saturated carbocycles. The number of aromatic nitrogens is 1. The van der Waals surface area contributed by atoms with E-state index < -0.39 is 0 Å². The van der Waals surface area contributed by atoms with Gasteiger partial charge in [0.1, 0.15) is 0 Å². The number of rotatable bonds is 10. The maximum Gasteiger partial charge on any atom is 0.242 e. The van der Waals surface area contributed by atoms with Crippen LogP contribution in [0.1, 0.15) is 53.7 Å². The van der Waals surface area contributed by atoms with E-state index >= 15 is 0 Å². The van der Waals surface area contributed by atoms with E-state index in [0.29, 0.717) is 43.8 Å². The van der Waals surface area contributed by atoms with Crippen LogP contribution in [0.3, 0.4) is 0 Å². The van der Waals surface area contributed by atoms with E-state index in [9.17, 15) is 9.59 Å². The molecule has 26 heavy (non-hydrogen) atoms. The quantitative estimate of drug-likeness (QED) is 0.638. The Kier molecular flexibility index (Phi) is 8.89. The number of hydrogen-bond donors (Lipinski definition) is 0. The minimum atomic E-state index is 0.0256. The Labute approximate surface area is 159 Å². The number of aryl methyl sites for hydroxylation is 1. The van der Waals surface area contributed by atoms with E-state index in [1.54, 1.807) is 4.90 Å². The van der Waals surface area contributed by atoms with Crippen molar-refractivity contribution in [1.82, 2.24) is 14.4 Å². The summed E-state index contributed by atoms with van der Waals surface area (Å²) in [7, 11) is 1.99. The van der Waals surface area contributed by atoms with Crippen molar-refractivity contribution in [2.24, 2.45) is 24.8 Å². The number of nitrogens with zero attached hydrogens (tertiary/aromatic N) is 3. The van der Waals surface area contributed by atoms with Gasteiger partial charge in [-0.15, -0.1) is 0 Å². The Morgan fingerprint density at radius 3 is 1.96 bits per heavy atom. The molecule has 5 heteroatoms. The van der Waals surface area contributed by atoms with Gasteiger partial charge in [0.05, 0.1) is 13.1 Å². The number of hydrogen-bond acceptors (Lipinski definition) is 2. The molecule has 0 aliphatic heterocycles. The number of carbonyl (C=O) groups excluding carboxylic acids is 2. The summed E-state index contributed by atoms with van der Waals surface area (Å²) >= 11 is 0. The summed E-state index contributed by atoms with van der Waals surface area (Å²) in [4.78, 5) is 29.2. The van der Waals surface area contributed by atoms with E-state index in [0.717, 1.165) is 5.69 Å². The SMILES string of the molecule is CC(C)CC(=O)N(CC(=O)N(Cc1cccn1C)CC(C)C)CC(C)C. The van der Waals surface area contributed by atoms with Crippen molar-refractivity contribution in [2.75, 3.05) is 19.6 Å². The Bertz CT molecular complexity index is 576. The van der Waals surface area contributed by atoms with Gasteiger partial charge in [0, 0.05) is 38.4 Å². The largest absolute Gasteiger partial charge is 0.353 e. The summed E-state index contributed by atoms with van der Waals surface area (Å²) in [6.45, 7) is 14.5. The molecule has 0 bridgehead atoms. The first-order chi connectivity index (χ1) is 12.1. The summed E-state index contributed by atoms with van der Waals surface area (Å²) in [6.07, 6.45) is 2.48. The van der Waals surface area contributed by atoms with Crippen LogP contribution < -0.4 is 0 Å². The van der Waals surface area contributed by atoms with Crippen molar-refractivity contribution in [3.8, 4) is 0 Å². The highest BCUT2D eigenvalue weighted by Crippen LogP contribution is 2.12. The number of carbonyl (C=O) groups is 2. The van der Waals surface area contributed by atoms with Crippen molar-refractivity contribution in [1.29, 1.82) is 0 Å². The van der Waals surface area contributed by atoms with E-state index in [1.165, 1.54) is 0 Å². The lowest BCUT2D eigenvalue weighted by atomic mass is 10.1. The molecule has 0 radical (unpaired) electrons. The monoisotopic (exact) mass is 363 g/mol. The fourth-order valence-corrected chi connectivity index (χ4v) is 2.99. The van der Waals surface area contributed by atoms with Crippen LogP contribution in [0.2, 0.25) is 0 Å². The highest BCUT2D eigenvalue weighted by atomic mass is 16.2. The van der Waals surface area contributed by atoms with Gasteiger partial charge in [0.2, 0.25) is 11.8 Å². The predicted molar refractivity (Wildman–Crippen MR) is 107 cm³/mol. The number of amides is 2. The van der Waals surface area contributed by atoms with E-state index in [-0.39, 0.29) is 18.4 Å². The molecule has 0 atom stereocenters. The summed E-state index contributed by atoms with van der Waals surface area (Å²) < 4.78 is 2.04. The third kappa shape index (κ3) is 7.63. The van der Waals surface area contributed by atoms with Crippen LogP contribution in [0.5, 0.6) is 0 Å². The van der Waals surface area contributed by atoms with Crippen LogP contribution in [-0.4, -0.2) is 45.8 Å². The minimum absolute atomic E-state index is 0.0256. The zero-order valence-electron chi connectivity index (χ0n) is 17.7. The maximum absolute atomic E-state index is 13.0. The van der Waals surface area contributed by atoms with Crippen molar-refractivity contribution in [2.45, 2.75) is 54.5 Å². The first-order valence-electron chi connectivity index (χ1n) is 9.75. The van der Waals surface area contributed by atoms with E-state index in [2.05, 4.69) is 27.7 Å². The van der Waals surface area contributed by atoms with Crippen molar-refractivity contribution < 1.29 is 9.59 Å². The summed E-state index contributed by atoms with van der Waals surface area (Å²) in [5, 5.41) is 0. The van der Waals surface area contributed by atoms with Crippen LogP contribution in [0.25, 0.3) is 0 Å². The van der Waals surface area contributed by atoms with Crippen LogP contribution in [0.4, 0.5) is 0 Å². The third-order valence-electron chi connectivity index (χ3n) is 4.19. The van der Waals surface area contributed by atoms with Gasteiger partial charge < -0.3 is 14.4 Å². The van der Waals surface area contributed by atoms with Crippen molar-refractivity contribution in [3.63, 3.8) is 0 Å². The van der Waals surface area contributed by atoms with E-state index in [1.807, 2.05) is 48.7 Å². The molecule has 0 saturated heterocycles. The Morgan fingerprint density at radius 1 is 0.923 bits per heavy atom. The van der Waals surface area contributed by atoms with E-state index in [4.69, 9.17) is 0 Å². The molecule has 0 unspecified atom stereocenters. The van der Waals surface area contributed by atoms with Gasteiger partial charge in [0.15, 0.2) is 0 Å². The highest BCUT2D eigenvalue weighted by molar-refractivity contribution is 5.85. The molecular weight excluding hydrogens is 326 g/mol. The average molecular weight is 364 g/mol. The van der Waals surface area contributed by atoms with Crippen molar-refractivity contribution >= 4 is 11.8 Å². The zero-order chi connectivity index (χ0) is 19.9. The van der Waals surface area contributed by atoms with Crippen LogP contribution >= 0.6 is 0 Å². The van der Waals surface area contributed by atoms with Gasteiger partial charge in [0.25, 0.3) is 0 Å². The lowest BCUT2D eigenvalue weighted by molar-refractivity contribution is -0.142. The standard InChI is InChI=1S/C21H37N3O2/c1-16(2)11-20(25)24(13-18(5)6)15-21(26)23(12-17(3)4)14-19-9-8-10-22(19)7/h8-10,16-18H,11-15H2,1-7H3. The molecule has 0 aliphatic carbocycles. The summed E-state index contributed by atoms with van der Waals surface area (Å²) in [6, 6.07) is 4.03. The minimum Gasteiger partial charge on any atom is -0.353 e. The van der Waals surface area contributed by atoms with Gasteiger partial charge in [-0.05, 0) is 29.9 Å². The summed E-state index contributed by atoms with van der Waals surface area (Å²) in [5.41, 5.74) is 1.10. The second-order valence-electron chi connectivity index (χ2n) is 8.54. The van der Waals surface area contributed by atoms with Gasteiger partial charge in [-0.2, -0.15) is 0 Å². The molecule has 1 heterocycles. The third-order valence-corrected chi connectivity index (χ3v) is 4.19. The highest BCUT2D eigenvalue weighted by Gasteiger charge is 2.23. The first-order valence-corrected chi connectivity index (χ1v) is 9.75. The molecule has 1 rings (SSSR count). The molecule has 5 nitrogen and oxygen atoms in total. The molecule has 0 fully saturated rings. The van der Waals surface area contributed by atoms with Crippen LogP contribution in [0, 0.1) is 17.8 Å². The second-order valence-corrected chi connectivity index (χ2v) is 8.54. The topological polar surface area (TPSA) is 45.6 Å². The van der Waals surface area contributed by atoms with Crippen molar-refractivity contribution in [3.05, 3.63) is 24.0 Å². The fourth-order valence-electron chi connectivity index (χ4n) is 2.99. The summed E-state index contributed by atoms with van der Waals surface area (Å²) in [5.74, 6) is 1.11. The molecule has 0 N–H and O–H groups in total. The molecular formula is C21H37N3O2. The molecule has 1 aromatic rings.